The minimum absolute atomic E-state index is 0.00299. The predicted molar refractivity (Wildman–Crippen MR) is 73.3 cm³/mol. The third-order valence-corrected chi connectivity index (χ3v) is 3.63. The summed E-state index contributed by atoms with van der Waals surface area (Å²) in [6.45, 7) is 1.36. The number of hydrogen-bond acceptors (Lipinski definition) is 5. The standard InChI is InChI=1S/C14H19FN2O3/c1-19-13-8-17(6-5-12(13)16)9-3-4-11(15)10(7-9)14(18)20-2/h3-4,7,12-13H,5-6,8,16H2,1-2H3/t12-,13+/m1/s1. The second-order valence-corrected chi connectivity index (χ2v) is 4.83. The normalized spacial score (nSPS) is 22.7. The van der Waals surface area contributed by atoms with Gasteiger partial charge in [-0.1, -0.05) is 0 Å². The number of carbonyl (C=O) groups is 1. The van der Waals surface area contributed by atoms with E-state index in [1.165, 1.54) is 19.2 Å². The van der Waals surface area contributed by atoms with Gasteiger partial charge >= 0.3 is 5.97 Å². The zero-order chi connectivity index (χ0) is 14.7. The topological polar surface area (TPSA) is 64.8 Å². The van der Waals surface area contributed by atoms with E-state index in [1.54, 1.807) is 13.2 Å². The number of benzene rings is 1. The highest BCUT2D eigenvalue weighted by Crippen LogP contribution is 2.23. The van der Waals surface area contributed by atoms with Crippen molar-refractivity contribution < 1.29 is 18.7 Å². The average molecular weight is 282 g/mol. The molecule has 0 bridgehead atoms. The number of ether oxygens (including phenoxy) is 2. The molecule has 110 valence electrons. The maximum absolute atomic E-state index is 13.6. The number of carbonyl (C=O) groups excluding carboxylic acids is 1. The minimum Gasteiger partial charge on any atom is -0.465 e. The Balaban J connectivity index is 2.23. The van der Waals surface area contributed by atoms with Gasteiger partial charge < -0.3 is 20.1 Å². The average Bonchev–Trinajstić information content (AvgIpc) is 2.47. The monoisotopic (exact) mass is 282 g/mol. The molecule has 1 heterocycles. The fourth-order valence-corrected chi connectivity index (χ4v) is 2.39. The summed E-state index contributed by atoms with van der Waals surface area (Å²) < 4.78 is 23.5. The highest BCUT2D eigenvalue weighted by molar-refractivity contribution is 5.90. The first kappa shape index (κ1) is 14.7. The number of esters is 1. The number of piperidine rings is 1. The van der Waals surface area contributed by atoms with Gasteiger partial charge in [0.05, 0.1) is 18.8 Å². The Bertz CT molecular complexity index is 495. The van der Waals surface area contributed by atoms with Gasteiger partial charge in [0.15, 0.2) is 0 Å². The summed E-state index contributed by atoms with van der Waals surface area (Å²) in [5, 5.41) is 0. The van der Waals surface area contributed by atoms with Crippen LogP contribution in [0.2, 0.25) is 0 Å². The van der Waals surface area contributed by atoms with Crippen LogP contribution in [-0.2, 0) is 9.47 Å². The van der Waals surface area contributed by atoms with Gasteiger partial charge in [-0.25, -0.2) is 9.18 Å². The van der Waals surface area contributed by atoms with Crippen LogP contribution in [0.25, 0.3) is 0 Å². The molecule has 0 unspecified atom stereocenters. The molecule has 0 amide bonds. The third kappa shape index (κ3) is 2.91. The molecule has 1 aliphatic rings. The smallest absolute Gasteiger partial charge is 0.340 e. The summed E-state index contributed by atoms with van der Waals surface area (Å²) in [4.78, 5) is 13.5. The Morgan fingerprint density at radius 3 is 2.85 bits per heavy atom. The number of rotatable bonds is 3. The Morgan fingerprint density at radius 2 is 2.20 bits per heavy atom. The van der Waals surface area contributed by atoms with E-state index in [4.69, 9.17) is 10.5 Å². The van der Waals surface area contributed by atoms with E-state index in [2.05, 4.69) is 4.74 Å². The van der Waals surface area contributed by atoms with Crippen molar-refractivity contribution in [3.05, 3.63) is 29.6 Å². The number of nitrogens with two attached hydrogens (primary N) is 1. The fraction of sp³-hybridized carbons (Fsp3) is 0.500. The van der Waals surface area contributed by atoms with E-state index in [1.807, 2.05) is 4.90 Å². The van der Waals surface area contributed by atoms with E-state index in [0.29, 0.717) is 6.54 Å². The van der Waals surface area contributed by atoms with Crippen molar-refractivity contribution in [3.63, 3.8) is 0 Å². The zero-order valence-electron chi connectivity index (χ0n) is 11.6. The molecule has 0 radical (unpaired) electrons. The lowest BCUT2D eigenvalue weighted by molar-refractivity contribution is 0.0595. The predicted octanol–water partition coefficient (Wildman–Crippen LogP) is 1.16. The zero-order valence-corrected chi connectivity index (χ0v) is 11.6. The van der Waals surface area contributed by atoms with Crippen molar-refractivity contribution >= 4 is 11.7 Å². The molecule has 2 N–H and O–H groups in total. The summed E-state index contributed by atoms with van der Waals surface area (Å²) >= 11 is 0. The van der Waals surface area contributed by atoms with Crippen molar-refractivity contribution in [2.75, 3.05) is 32.2 Å². The molecule has 1 saturated heterocycles. The first-order valence-corrected chi connectivity index (χ1v) is 6.48. The van der Waals surface area contributed by atoms with Gasteiger partial charge in [0.25, 0.3) is 0 Å². The van der Waals surface area contributed by atoms with Gasteiger partial charge in [0.2, 0.25) is 0 Å². The maximum Gasteiger partial charge on any atom is 0.340 e. The minimum atomic E-state index is -0.679. The summed E-state index contributed by atoms with van der Waals surface area (Å²) in [5.74, 6) is -1.26. The quantitative estimate of drug-likeness (QED) is 0.843. The van der Waals surface area contributed by atoms with Crippen LogP contribution in [0.3, 0.4) is 0 Å². The van der Waals surface area contributed by atoms with E-state index in [-0.39, 0.29) is 17.7 Å². The fourth-order valence-electron chi connectivity index (χ4n) is 2.39. The lowest BCUT2D eigenvalue weighted by Gasteiger charge is -2.37. The molecular formula is C14H19FN2O3. The van der Waals surface area contributed by atoms with Crippen LogP contribution in [0.15, 0.2) is 18.2 Å². The van der Waals surface area contributed by atoms with E-state index >= 15 is 0 Å². The van der Waals surface area contributed by atoms with Gasteiger partial charge in [-0.05, 0) is 24.6 Å². The number of nitrogens with zero attached hydrogens (tertiary/aromatic N) is 1. The summed E-state index contributed by atoms with van der Waals surface area (Å²) in [6.07, 6.45) is 0.707. The third-order valence-electron chi connectivity index (χ3n) is 3.63. The number of hydrogen-bond donors (Lipinski definition) is 1. The second-order valence-electron chi connectivity index (χ2n) is 4.83. The molecule has 0 aliphatic carbocycles. The largest absolute Gasteiger partial charge is 0.465 e. The van der Waals surface area contributed by atoms with Crippen molar-refractivity contribution in [2.24, 2.45) is 5.73 Å². The van der Waals surface area contributed by atoms with Crippen molar-refractivity contribution in [1.29, 1.82) is 0 Å². The molecule has 1 aromatic carbocycles. The molecule has 0 spiro atoms. The van der Waals surface area contributed by atoms with Crippen LogP contribution in [0, 0.1) is 5.82 Å². The van der Waals surface area contributed by atoms with Crippen LogP contribution >= 0.6 is 0 Å². The van der Waals surface area contributed by atoms with Crippen molar-refractivity contribution in [1.82, 2.24) is 0 Å². The van der Waals surface area contributed by atoms with Gasteiger partial charge in [0.1, 0.15) is 5.82 Å². The molecule has 1 fully saturated rings. The number of methoxy groups -OCH3 is 2. The summed E-state index contributed by atoms with van der Waals surface area (Å²) in [7, 11) is 2.86. The first-order chi connectivity index (χ1) is 9.56. The van der Waals surface area contributed by atoms with Crippen LogP contribution in [0.5, 0.6) is 0 Å². The SMILES string of the molecule is COC(=O)c1cc(N2CC[C@@H](N)[C@@H](OC)C2)ccc1F. The van der Waals surface area contributed by atoms with Gasteiger partial charge in [-0.15, -0.1) is 0 Å². The summed E-state index contributed by atoms with van der Waals surface area (Å²) in [5.41, 5.74) is 6.67. The molecule has 6 heteroatoms. The van der Waals surface area contributed by atoms with Crippen LogP contribution < -0.4 is 10.6 Å². The number of halogens is 1. The van der Waals surface area contributed by atoms with Crippen LogP contribution in [0.4, 0.5) is 10.1 Å². The molecule has 2 atom stereocenters. The van der Waals surface area contributed by atoms with Crippen LogP contribution in [-0.4, -0.2) is 45.4 Å². The Labute approximate surface area is 117 Å². The Hall–Kier alpha value is -1.66. The Morgan fingerprint density at radius 1 is 1.45 bits per heavy atom. The molecule has 5 nitrogen and oxygen atoms in total. The molecule has 0 aromatic heterocycles. The number of anilines is 1. The van der Waals surface area contributed by atoms with Gasteiger partial charge in [-0.2, -0.15) is 0 Å². The summed E-state index contributed by atoms with van der Waals surface area (Å²) in [6, 6.07) is 4.42. The van der Waals surface area contributed by atoms with E-state index in [9.17, 15) is 9.18 Å². The Kier molecular flexibility index (Phi) is 4.57. The molecule has 1 aromatic rings. The van der Waals surface area contributed by atoms with E-state index < -0.39 is 11.8 Å². The first-order valence-electron chi connectivity index (χ1n) is 6.48. The van der Waals surface area contributed by atoms with Crippen molar-refractivity contribution in [2.45, 2.75) is 18.6 Å². The highest BCUT2D eigenvalue weighted by atomic mass is 19.1. The molecule has 20 heavy (non-hydrogen) atoms. The van der Waals surface area contributed by atoms with Crippen LogP contribution in [0.1, 0.15) is 16.8 Å². The molecule has 2 rings (SSSR count). The molecule has 0 saturated carbocycles. The van der Waals surface area contributed by atoms with Crippen molar-refractivity contribution in [3.8, 4) is 0 Å². The maximum atomic E-state index is 13.6. The van der Waals surface area contributed by atoms with Gasteiger partial charge in [-0.3, -0.25) is 0 Å². The van der Waals surface area contributed by atoms with Gasteiger partial charge in [0, 0.05) is 31.9 Å². The molecule has 1 aliphatic heterocycles. The lowest BCUT2D eigenvalue weighted by atomic mass is 10.0. The highest BCUT2D eigenvalue weighted by Gasteiger charge is 2.27. The lowest BCUT2D eigenvalue weighted by Crippen LogP contribution is -2.51. The van der Waals surface area contributed by atoms with E-state index in [0.717, 1.165) is 18.7 Å². The second kappa shape index (κ2) is 6.19. The molecular weight excluding hydrogens is 263 g/mol.